The second kappa shape index (κ2) is 7.00. The van der Waals surface area contributed by atoms with Gasteiger partial charge in [-0.2, -0.15) is 5.10 Å². The Balaban J connectivity index is 1.95. The Morgan fingerprint density at radius 3 is 2.54 bits per heavy atom. The van der Waals surface area contributed by atoms with Crippen LogP contribution in [-0.2, 0) is 0 Å². The number of alkyl halides is 2. The van der Waals surface area contributed by atoms with Gasteiger partial charge in [0.2, 0.25) is 11.7 Å². The third-order valence-electron chi connectivity index (χ3n) is 3.50. The molecule has 1 atom stereocenters. The highest BCUT2D eigenvalue weighted by atomic mass is 35.5. The molecule has 0 spiro atoms. The summed E-state index contributed by atoms with van der Waals surface area (Å²) in [6.07, 6.45) is 1.66. The van der Waals surface area contributed by atoms with Crippen LogP contribution in [0.15, 0.2) is 48.9 Å². The summed E-state index contributed by atoms with van der Waals surface area (Å²) in [4.78, 5) is 7.86. The summed E-state index contributed by atoms with van der Waals surface area (Å²) in [7, 11) is 0. The van der Waals surface area contributed by atoms with E-state index in [4.69, 9.17) is 11.6 Å². The van der Waals surface area contributed by atoms with Gasteiger partial charge in [-0.1, -0.05) is 12.1 Å². The topological polar surface area (TPSA) is 43.6 Å². The zero-order valence-corrected chi connectivity index (χ0v) is 13.0. The average molecular weight is 353 g/mol. The van der Waals surface area contributed by atoms with Gasteiger partial charge in [0.05, 0.1) is 17.9 Å². The normalized spacial score (nSPS) is 12.5. The molecule has 0 fully saturated rings. The molecule has 0 saturated heterocycles. The number of hydrogen-bond donors (Lipinski definition) is 0. The van der Waals surface area contributed by atoms with Crippen LogP contribution in [0.4, 0.5) is 13.2 Å². The monoisotopic (exact) mass is 352 g/mol. The summed E-state index contributed by atoms with van der Waals surface area (Å²) in [5.41, 5.74) is 1.71. The van der Waals surface area contributed by atoms with E-state index in [0.29, 0.717) is 16.8 Å². The molecule has 0 aliphatic carbocycles. The van der Waals surface area contributed by atoms with Crippen LogP contribution >= 0.6 is 11.6 Å². The van der Waals surface area contributed by atoms with E-state index in [1.165, 1.54) is 41.3 Å². The number of halogens is 4. The zero-order valence-electron chi connectivity index (χ0n) is 12.3. The average Bonchev–Trinajstić information content (AvgIpc) is 3.03. The molecule has 1 unspecified atom stereocenters. The minimum absolute atomic E-state index is 0.0860. The Bertz CT molecular complexity index is 820. The molecule has 0 aliphatic rings. The van der Waals surface area contributed by atoms with Gasteiger partial charge >= 0.3 is 0 Å². The molecule has 8 heteroatoms. The van der Waals surface area contributed by atoms with Crippen molar-refractivity contribution in [3.8, 4) is 11.3 Å². The lowest BCUT2D eigenvalue weighted by Gasteiger charge is -2.17. The first-order valence-electron chi connectivity index (χ1n) is 7.09. The molecule has 0 amide bonds. The number of nitrogens with zero attached hydrogens (tertiary/aromatic N) is 4. The molecule has 2 heterocycles. The molecule has 3 rings (SSSR count). The number of rotatable bonds is 5. The Hall–Kier alpha value is -2.41. The van der Waals surface area contributed by atoms with E-state index in [1.807, 2.05) is 0 Å². The van der Waals surface area contributed by atoms with Crippen molar-refractivity contribution in [3.63, 3.8) is 0 Å². The highest BCUT2D eigenvalue weighted by Crippen LogP contribution is 2.27. The molecule has 0 saturated carbocycles. The minimum Gasteiger partial charge on any atom is -0.264 e. The second-order valence-corrected chi connectivity index (χ2v) is 5.45. The van der Waals surface area contributed by atoms with E-state index in [9.17, 15) is 13.2 Å². The second-order valence-electron chi connectivity index (χ2n) is 5.11. The standard InChI is InChI=1S/C16H12ClF3N4/c17-16-21-6-5-13(23-16)11-8-22-24(9-11)14(7-15(19)20)10-1-3-12(18)4-2-10/h1-6,8-9,14-15H,7H2. The maximum Gasteiger partial charge on any atom is 0.241 e. The quantitative estimate of drug-likeness (QED) is 0.640. The Morgan fingerprint density at radius 1 is 1.12 bits per heavy atom. The van der Waals surface area contributed by atoms with E-state index in [-0.39, 0.29) is 5.28 Å². The molecule has 1 aromatic carbocycles. The largest absolute Gasteiger partial charge is 0.264 e. The van der Waals surface area contributed by atoms with Crippen LogP contribution in [0.1, 0.15) is 18.0 Å². The lowest BCUT2D eigenvalue weighted by Crippen LogP contribution is -2.14. The van der Waals surface area contributed by atoms with Crippen LogP contribution in [0.25, 0.3) is 11.3 Å². The van der Waals surface area contributed by atoms with Crippen LogP contribution < -0.4 is 0 Å². The van der Waals surface area contributed by atoms with Crippen LogP contribution in [-0.4, -0.2) is 26.2 Å². The van der Waals surface area contributed by atoms with Gasteiger partial charge in [0.15, 0.2) is 0 Å². The maximum atomic E-state index is 13.1. The van der Waals surface area contributed by atoms with Crippen molar-refractivity contribution in [1.82, 2.24) is 19.7 Å². The third-order valence-corrected chi connectivity index (χ3v) is 3.68. The van der Waals surface area contributed by atoms with Crippen molar-refractivity contribution in [1.29, 1.82) is 0 Å². The number of aromatic nitrogens is 4. The smallest absolute Gasteiger partial charge is 0.241 e. The van der Waals surface area contributed by atoms with Crippen molar-refractivity contribution in [2.75, 3.05) is 0 Å². The van der Waals surface area contributed by atoms with E-state index in [2.05, 4.69) is 15.1 Å². The SMILES string of the molecule is Fc1ccc(C(CC(F)F)n2cc(-c3ccnc(Cl)n3)cn2)cc1. The van der Waals surface area contributed by atoms with Crippen molar-refractivity contribution in [3.05, 3.63) is 65.6 Å². The molecular weight excluding hydrogens is 341 g/mol. The predicted molar refractivity (Wildman–Crippen MR) is 83.4 cm³/mol. The summed E-state index contributed by atoms with van der Waals surface area (Å²) in [5, 5.41) is 4.25. The third kappa shape index (κ3) is 3.73. The van der Waals surface area contributed by atoms with Crippen molar-refractivity contribution < 1.29 is 13.2 Å². The van der Waals surface area contributed by atoms with Crippen molar-refractivity contribution in [2.24, 2.45) is 0 Å². The number of hydrogen-bond acceptors (Lipinski definition) is 3. The van der Waals surface area contributed by atoms with Gasteiger partial charge in [-0.3, -0.25) is 4.68 Å². The van der Waals surface area contributed by atoms with Crippen LogP contribution in [0.3, 0.4) is 0 Å². The summed E-state index contributed by atoms with van der Waals surface area (Å²) in [5.74, 6) is -0.425. The molecule has 0 radical (unpaired) electrons. The lowest BCUT2D eigenvalue weighted by molar-refractivity contribution is 0.121. The fourth-order valence-corrected chi connectivity index (χ4v) is 2.53. The van der Waals surface area contributed by atoms with Crippen LogP contribution in [0, 0.1) is 5.82 Å². The van der Waals surface area contributed by atoms with E-state index < -0.39 is 24.7 Å². The van der Waals surface area contributed by atoms with E-state index >= 15 is 0 Å². The van der Waals surface area contributed by atoms with Gasteiger partial charge < -0.3 is 0 Å². The van der Waals surface area contributed by atoms with E-state index in [0.717, 1.165) is 0 Å². The molecular formula is C16H12ClF3N4. The zero-order chi connectivity index (χ0) is 17.1. The summed E-state index contributed by atoms with van der Waals surface area (Å²) in [6, 6.07) is 6.37. The molecule has 0 bridgehead atoms. The molecule has 2 aromatic heterocycles. The molecule has 0 N–H and O–H groups in total. The summed E-state index contributed by atoms with van der Waals surface area (Å²) in [6.45, 7) is 0. The van der Waals surface area contributed by atoms with Crippen LogP contribution in [0.2, 0.25) is 5.28 Å². The molecule has 124 valence electrons. The van der Waals surface area contributed by atoms with Crippen LogP contribution in [0.5, 0.6) is 0 Å². The predicted octanol–water partition coefficient (Wildman–Crippen LogP) is 4.38. The Labute approximate surface area is 140 Å². The number of benzene rings is 1. The van der Waals surface area contributed by atoms with Crippen molar-refractivity contribution in [2.45, 2.75) is 18.9 Å². The Morgan fingerprint density at radius 2 is 1.88 bits per heavy atom. The van der Waals surface area contributed by atoms with Gasteiger partial charge in [-0.05, 0) is 35.4 Å². The van der Waals surface area contributed by atoms with Gasteiger partial charge in [0.1, 0.15) is 5.82 Å². The van der Waals surface area contributed by atoms with Crippen molar-refractivity contribution >= 4 is 11.6 Å². The molecule has 3 aromatic rings. The first-order chi connectivity index (χ1) is 11.5. The minimum atomic E-state index is -2.53. The highest BCUT2D eigenvalue weighted by Gasteiger charge is 2.20. The summed E-state index contributed by atoms with van der Waals surface area (Å²) >= 11 is 5.76. The van der Waals surface area contributed by atoms with Gasteiger partial charge in [-0.15, -0.1) is 0 Å². The fraction of sp³-hybridized carbons (Fsp3) is 0.188. The maximum absolute atomic E-state index is 13.1. The van der Waals surface area contributed by atoms with Gasteiger partial charge in [-0.25, -0.2) is 23.1 Å². The molecule has 0 aliphatic heterocycles. The first-order valence-corrected chi connectivity index (χ1v) is 7.47. The van der Waals surface area contributed by atoms with Gasteiger partial charge in [0, 0.05) is 24.4 Å². The fourth-order valence-electron chi connectivity index (χ4n) is 2.39. The van der Waals surface area contributed by atoms with E-state index in [1.54, 1.807) is 12.3 Å². The Kier molecular flexibility index (Phi) is 4.80. The molecule has 24 heavy (non-hydrogen) atoms. The highest BCUT2D eigenvalue weighted by molar-refractivity contribution is 6.28. The first kappa shape index (κ1) is 16.4. The van der Waals surface area contributed by atoms with Gasteiger partial charge in [0.25, 0.3) is 0 Å². The molecule has 4 nitrogen and oxygen atoms in total. The summed E-state index contributed by atoms with van der Waals surface area (Å²) < 4.78 is 40.4. The lowest BCUT2D eigenvalue weighted by atomic mass is 10.0.